The van der Waals surface area contributed by atoms with Gasteiger partial charge in [-0.1, -0.05) is 0 Å². The Morgan fingerprint density at radius 2 is 1.94 bits per heavy atom. The summed E-state index contributed by atoms with van der Waals surface area (Å²) in [6.45, 7) is 8.75. The fourth-order valence-electron chi connectivity index (χ4n) is 4.30. The number of benzene rings is 1. The molecule has 1 aliphatic heterocycles. The van der Waals surface area contributed by atoms with Gasteiger partial charge in [-0.05, 0) is 69.5 Å². The van der Waals surface area contributed by atoms with Crippen LogP contribution in [-0.4, -0.2) is 50.5 Å². The number of aryl methyl sites for hydroxylation is 2. The van der Waals surface area contributed by atoms with Crippen molar-refractivity contribution in [3.8, 4) is 17.0 Å². The van der Waals surface area contributed by atoms with E-state index < -0.39 is 6.03 Å². The number of hydrogen-bond donors (Lipinski definition) is 2. The first-order valence-corrected chi connectivity index (χ1v) is 11.6. The van der Waals surface area contributed by atoms with Crippen LogP contribution in [0.1, 0.15) is 37.9 Å². The number of likely N-dealkylation sites (tertiary alicyclic amines) is 1. The fraction of sp³-hybridized carbons (Fsp3) is 0.346. The topological polar surface area (TPSA) is 109 Å². The van der Waals surface area contributed by atoms with E-state index in [2.05, 4.69) is 32.5 Å². The second kappa shape index (κ2) is 10.1. The van der Waals surface area contributed by atoms with Crippen LogP contribution < -0.4 is 15.4 Å². The monoisotopic (exact) mass is 474 g/mol. The molecule has 3 amide bonds. The largest absolute Gasteiger partial charge is 0.491 e. The molecular weight excluding hydrogens is 444 g/mol. The summed E-state index contributed by atoms with van der Waals surface area (Å²) in [6.07, 6.45) is 6.64. The first-order valence-electron chi connectivity index (χ1n) is 11.6. The lowest BCUT2D eigenvalue weighted by molar-refractivity contribution is -0.133. The molecule has 1 aliphatic rings. The number of urea groups is 1. The molecular formula is C26H30N6O3. The Labute approximate surface area is 205 Å². The first kappa shape index (κ1) is 24.1. The summed E-state index contributed by atoms with van der Waals surface area (Å²) >= 11 is 0. The number of pyridine rings is 1. The average molecular weight is 475 g/mol. The lowest BCUT2D eigenvalue weighted by Gasteiger charge is -2.34. The van der Waals surface area contributed by atoms with Gasteiger partial charge in [-0.3, -0.25) is 20.1 Å². The van der Waals surface area contributed by atoms with Crippen molar-refractivity contribution in [2.45, 2.75) is 46.1 Å². The zero-order valence-corrected chi connectivity index (χ0v) is 20.5. The van der Waals surface area contributed by atoms with E-state index in [9.17, 15) is 9.59 Å². The predicted octanol–water partition coefficient (Wildman–Crippen LogP) is 4.58. The van der Waals surface area contributed by atoms with Crippen LogP contribution in [0.2, 0.25) is 0 Å². The SMILES string of the molecule is CC(=O)N1CCC[C@@]1(C)COc1ccc(-c2cncc(NC(=O)Nc3ccc(C)nc3)n2)cc1C. The second-order valence-corrected chi connectivity index (χ2v) is 9.10. The number of aromatic nitrogens is 3. The van der Waals surface area contributed by atoms with Crippen molar-refractivity contribution in [3.05, 3.63) is 60.2 Å². The maximum atomic E-state index is 12.3. The Kier molecular flexibility index (Phi) is 6.95. The molecule has 182 valence electrons. The second-order valence-electron chi connectivity index (χ2n) is 9.10. The molecule has 4 rings (SSSR count). The number of rotatable bonds is 6. The number of anilines is 2. The molecule has 0 spiro atoms. The summed E-state index contributed by atoms with van der Waals surface area (Å²) in [7, 11) is 0. The van der Waals surface area contributed by atoms with Crippen LogP contribution in [0.4, 0.5) is 16.3 Å². The molecule has 2 N–H and O–H groups in total. The lowest BCUT2D eigenvalue weighted by atomic mass is 10.00. The molecule has 1 saturated heterocycles. The normalized spacial score (nSPS) is 17.2. The number of nitrogens with zero attached hydrogens (tertiary/aromatic N) is 4. The summed E-state index contributed by atoms with van der Waals surface area (Å²) in [4.78, 5) is 39.1. The summed E-state index contributed by atoms with van der Waals surface area (Å²) < 4.78 is 6.13. The number of carbonyl (C=O) groups is 2. The molecule has 0 radical (unpaired) electrons. The van der Waals surface area contributed by atoms with Crippen LogP contribution in [0.5, 0.6) is 5.75 Å². The molecule has 0 saturated carbocycles. The average Bonchev–Trinajstić information content (AvgIpc) is 3.22. The Balaban J connectivity index is 1.42. The summed E-state index contributed by atoms with van der Waals surface area (Å²) in [5, 5.41) is 5.42. The Bertz CT molecular complexity index is 1230. The van der Waals surface area contributed by atoms with Crippen LogP contribution in [0.15, 0.2) is 48.9 Å². The number of carbonyl (C=O) groups excluding carboxylic acids is 2. The number of hydrogen-bond acceptors (Lipinski definition) is 6. The van der Waals surface area contributed by atoms with E-state index in [-0.39, 0.29) is 11.4 Å². The third-order valence-electron chi connectivity index (χ3n) is 6.18. The molecule has 1 aromatic carbocycles. The van der Waals surface area contributed by atoms with Crippen molar-refractivity contribution in [3.63, 3.8) is 0 Å². The summed E-state index contributed by atoms with van der Waals surface area (Å²) in [5.41, 5.74) is 3.58. The Morgan fingerprint density at radius 3 is 2.66 bits per heavy atom. The number of amides is 3. The fourth-order valence-corrected chi connectivity index (χ4v) is 4.30. The molecule has 9 heteroatoms. The number of ether oxygens (including phenoxy) is 1. The van der Waals surface area contributed by atoms with Crippen molar-refractivity contribution >= 4 is 23.4 Å². The van der Waals surface area contributed by atoms with Gasteiger partial charge in [0.15, 0.2) is 5.82 Å². The summed E-state index contributed by atoms with van der Waals surface area (Å²) in [5.74, 6) is 1.17. The minimum Gasteiger partial charge on any atom is -0.491 e. The van der Waals surface area contributed by atoms with Crippen molar-refractivity contribution in [2.75, 3.05) is 23.8 Å². The van der Waals surface area contributed by atoms with Crippen LogP contribution in [0, 0.1) is 13.8 Å². The van der Waals surface area contributed by atoms with Crippen molar-refractivity contribution in [1.82, 2.24) is 19.9 Å². The molecule has 0 bridgehead atoms. The molecule has 3 aromatic rings. The number of nitrogens with one attached hydrogen (secondary N) is 2. The molecule has 1 fully saturated rings. The van der Waals surface area contributed by atoms with Gasteiger partial charge in [-0.2, -0.15) is 0 Å². The minimum atomic E-state index is -0.429. The highest BCUT2D eigenvalue weighted by Crippen LogP contribution is 2.31. The van der Waals surface area contributed by atoms with E-state index >= 15 is 0 Å². The minimum absolute atomic E-state index is 0.0805. The molecule has 2 aromatic heterocycles. The van der Waals surface area contributed by atoms with Gasteiger partial charge in [0.05, 0.1) is 35.5 Å². The molecule has 35 heavy (non-hydrogen) atoms. The molecule has 9 nitrogen and oxygen atoms in total. The van der Waals surface area contributed by atoms with E-state index in [4.69, 9.17) is 4.74 Å². The van der Waals surface area contributed by atoms with Gasteiger partial charge < -0.3 is 15.0 Å². The van der Waals surface area contributed by atoms with Crippen molar-refractivity contribution in [1.29, 1.82) is 0 Å². The van der Waals surface area contributed by atoms with E-state index in [0.717, 1.165) is 42.0 Å². The lowest BCUT2D eigenvalue weighted by Crippen LogP contribution is -2.48. The maximum Gasteiger partial charge on any atom is 0.324 e. The van der Waals surface area contributed by atoms with Crippen molar-refractivity contribution < 1.29 is 14.3 Å². The Morgan fingerprint density at radius 1 is 1.11 bits per heavy atom. The third-order valence-corrected chi connectivity index (χ3v) is 6.18. The summed E-state index contributed by atoms with van der Waals surface area (Å²) in [6, 6.07) is 8.96. The molecule has 0 aliphatic carbocycles. The van der Waals surface area contributed by atoms with Crippen LogP contribution >= 0.6 is 0 Å². The van der Waals surface area contributed by atoms with Crippen LogP contribution in [0.3, 0.4) is 0 Å². The smallest absolute Gasteiger partial charge is 0.324 e. The van der Waals surface area contributed by atoms with E-state index in [1.165, 1.54) is 6.20 Å². The van der Waals surface area contributed by atoms with Gasteiger partial charge >= 0.3 is 6.03 Å². The molecule has 0 unspecified atom stereocenters. The molecule has 1 atom stereocenters. The first-order chi connectivity index (χ1) is 16.7. The zero-order chi connectivity index (χ0) is 25.0. The third kappa shape index (κ3) is 5.74. The highest BCUT2D eigenvalue weighted by atomic mass is 16.5. The van der Waals surface area contributed by atoms with E-state index in [1.807, 2.05) is 43.0 Å². The van der Waals surface area contributed by atoms with E-state index in [0.29, 0.717) is 23.8 Å². The van der Waals surface area contributed by atoms with Gasteiger partial charge in [-0.15, -0.1) is 0 Å². The highest BCUT2D eigenvalue weighted by molar-refractivity contribution is 5.99. The van der Waals surface area contributed by atoms with Gasteiger partial charge in [-0.25, -0.2) is 9.78 Å². The quantitative estimate of drug-likeness (QED) is 0.541. The highest BCUT2D eigenvalue weighted by Gasteiger charge is 2.39. The van der Waals surface area contributed by atoms with Gasteiger partial charge in [0, 0.05) is 24.7 Å². The van der Waals surface area contributed by atoms with Crippen LogP contribution in [0.25, 0.3) is 11.3 Å². The van der Waals surface area contributed by atoms with Gasteiger partial charge in [0.2, 0.25) is 5.91 Å². The van der Waals surface area contributed by atoms with Gasteiger partial charge in [0.25, 0.3) is 0 Å². The van der Waals surface area contributed by atoms with E-state index in [1.54, 1.807) is 25.4 Å². The standard InChI is InChI=1S/C26H30N6O3/c1-17-12-20(7-9-23(17)35-16-26(4)10-5-11-32(26)19(3)33)22-14-27-15-24(30-22)31-25(34)29-21-8-6-18(2)28-13-21/h6-9,12-15H,5,10-11,16H2,1-4H3,(H2,29,30,31,34)/t26-/m0/s1. The van der Waals surface area contributed by atoms with Crippen LogP contribution in [-0.2, 0) is 4.79 Å². The molecule has 3 heterocycles. The predicted molar refractivity (Wildman–Crippen MR) is 134 cm³/mol. The van der Waals surface area contributed by atoms with Gasteiger partial charge in [0.1, 0.15) is 12.4 Å². The Hall–Kier alpha value is -4.01. The zero-order valence-electron chi connectivity index (χ0n) is 20.5. The maximum absolute atomic E-state index is 12.3. The van der Waals surface area contributed by atoms with Crippen molar-refractivity contribution in [2.24, 2.45) is 0 Å².